The van der Waals surface area contributed by atoms with Crippen molar-refractivity contribution < 1.29 is 28.5 Å². The van der Waals surface area contributed by atoms with Crippen LogP contribution in [0.3, 0.4) is 0 Å². The van der Waals surface area contributed by atoms with Crippen LogP contribution in [0.15, 0.2) is 60.8 Å². The van der Waals surface area contributed by atoms with Crippen LogP contribution in [0, 0.1) is 5.41 Å². The number of alkyl halides is 2. The van der Waals surface area contributed by atoms with E-state index in [9.17, 15) is 23.8 Å². The van der Waals surface area contributed by atoms with Crippen LogP contribution in [0.5, 0.6) is 0 Å². The molecule has 1 atom stereocenters. The van der Waals surface area contributed by atoms with E-state index in [0.29, 0.717) is 45.8 Å². The Kier molecular flexibility index (Phi) is 7.53. The number of hydrogen-bond donors (Lipinski definition) is 2. The van der Waals surface area contributed by atoms with Crippen molar-refractivity contribution in [3.8, 4) is 0 Å². The van der Waals surface area contributed by atoms with Crippen molar-refractivity contribution in [3.05, 3.63) is 99.3 Å². The number of ether oxygens (including phenoxy) is 1. The number of aliphatic hydroxyl groups is 2. The van der Waals surface area contributed by atoms with Crippen LogP contribution < -0.4 is 0 Å². The van der Waals surface area contributed by atoms with Gasteiger partial charge in [0.25, 0.3) is 11.8 Å². The summed E-state index contributed by atoms with van der Waals surface area (Å²) in [5, 5.41) is 20.4. The molecule has 0 unspecified atom stereocenters. The number of rotatable bonds is 9. The number of carbonyl (C=O) groups is 1. The smallest absolute Gasteiger partial charge is 0.270 e. The number of pyridine rings is 1. The van der Waals surface area contributed by atoms with E-state index in [0.717, 1.165) is 6.92 Å². The molecule has 1 amide bonds. The van der Waals surface area contributed by atoms with E-state index in [1.54, 1.807) is 76.9 Å². The van der Waals surface area contributed by atoms with Crippen molar-refractivity contribution in [2.24, 2.45) is 5.41 Å². The number of nitrogens with zero attached hydrogens (tertiary/aromatic N) is 2. The summed E-state index contributed by atoms with van der Waals surface area (Å²) in [4.78, 5) is 20.4. The number of benzene rings is 2. The maximum atomic E-state index is 14.5. The van der Waals surface area contributed by atoms with E-state index in [4.69, 9.17) is 16.3 Å². The standard InChI is InChI=1S/C30H35B4ClF2N2O4/c1-25(2,41)19-8-11-23-22(14-19)24(40)39(16-21-10-9-20(35)15-38-21)28(23,18-6-4-17(5-7-18)26(3,36)37)43-30(33,34)27(12-13-27)29(31,32)42/h4-11,14-15,41-42H,12-13,16,31-34H2,1-3H3/t28-/m1/s1. The summed E-state index contributed by atoms with van der Waals surface area (Å²) < 4.78 is 35.9. The van der Waals surface area contributed by atoms with Crippen LogP contribution in [-0.2, 0) is 28.5 Å². The zero-order valence-electron chi connectivity index (χ0n) is 25.6. The monoisotopic (exact) mass is 604 g/mol. The fourth-order valence-electron chi connectivity index (χ4n) is 6.69. The highest BCUT2D eigenvalue weighted by Gasteiger charge is 2.66. The van der Waals surface area contributed by atoms with Crippen LogP contribution in [-0.4, -0.2) is 68.2 Å². The van der Waals surface area contributed by atoms with Gasteiger partial charge >= 0.3 is 0 Å². The molecule has 3 aromatic rings. The molecule has 222 valence electrons. The van der Waals surface area contributed by atoms with Gasteiger partial charge in [0.1, 0.15) is 31.4 Å². The lowest BCUT2D eigenvalue weighted by Crippen LogP contribution is -2.62. The third-order valence-electron chi connectivity index (χ3n) is 9.32. The summed E-state index contributed by atoms with van der Waals surface area (Å²) in [5.74, 6) is -3.44. The van der Waals surface area contributed by atoms with Crippen molar-refractivity contribution in [3.63, 3.8) is 0 Å². The first-order valence-corrected chi connectivity index (χ1v) is 14.8. The van der Waals surface area contributed by atoms with Crippen molar-refractivity contribution in [1.82, 2.24) is 9.88 Å². The number of carbonyl (C=O) groups excluding carboxylic acids is 1. The normalized spacial score (nSPS) is 20.3. The predicted molar refractivity (Wildman–Crippen MR) is 172 cm³/mol. The fraction of sp³-hybridized carbons (Fsp3) is 0.400. The number of hydrogen-bond acceptors (Lipinski definition) is 5. The van der Waals surface area contributed by atoms with Crippen LogP contribution >= 0.6 is 11.6 Å². The number of fused-ring (bicyclic) bond motifs is 1. The van der Waals surface area contributed by atoms with Gasteiger partial charge in [-0.3, -0.25) is 14.7 Å². The van der Waals surface area contributed by atoms with Crippen molar-refractivity contribution in [2.75, 3.05) is 0 Å². The van der Waals surface area contributed by atoms with Crippen molar-refractivity contribution in [1.29, 1.82) is 0 Å². The van der Waals surface area contributed by atoms with Gasteiger partial charge in [0.05, 0.1) is 22.9 Å². The topological polar surface area (TPSA) is 82.9 Å². The molecule has 2 aliphatic rings. The lowest BCUT2D eigenvalue weighted by Gasteiger charge is -2.51. The van der Waals surface area contributed by atoms with Crippen molar-refractivity contribution >= 4 is 48.9 Å². The SMILES string of the molecule is BC(B)(O)C1(C(B)(B)O[C@]2(c3ccc(C(C)(F)F)cc3)c3ccc(C(C)(C)O)cc3C(=O)N2Cc2ccc(Cl)cn2)CC1. The highest BCUT2D eigenvalue weighted by atomic mass is 35.5. The van der Waals surface area contributed by atoms with Gasteiger partial charge in [0.2, 0.25) is 0 Å². The van der Waals surface area contributed by atoms with E-state index in [1.807, 2.05) is 15.7 Å². The Morgan fingerprint density at radius 2 is 1.58 bits per heavy atom. The number of amides is 1. The highest BCUT2D eigenvalue weighted by Crippen LogP contribution is 2.61. The lowest BCUT2D eigenvalue weighted by atomic mass is 9.43. The molecule has 0 radical (unpaired) electrons. The largest absolute Gasteiger partial charge is 0.407 e. The second-order valence-electron chi connectivity index (χ2n) is 13.5. The number of aromatic nitrogens is 1. The predicted octanol–water partition coefficient (Wildman–Crippen LogP) is 1.56. The van der Waals surface area contributed by atoms with Gasteiger partial charge in [-0.25, -0.2) is 8.78 Å². The minimum Gasteiger partial charge on any atom is -0.407 e. The summed E-state index contributed by atoms with van der Waals surface area (Å²) in [6.45, 7) is 4.13. The third kappa shape index (κ3) is 5.34. The molecule has 2 N–H and O–H groups in total. The minimum absolute atomic E-state index is 0.0137. The van der Waals surface area contributed by atoms with Gasteiger partial charge in [-0.2, -0.15) is 0 Å². The zero-order valence-corrected chi connectivity index (χ0v) is 26.4. The van der Waals surface area contributed by atoms with Gasteiger partial charge in [-0.05, 0) is 55.9 Å². The van der Waals surface area contributed by atoms with Gasteiger partial charge in [0, 0.05) is 46.2 Å². The molecule has 0 bridgehead atoms. The molecule has 6 nitrogen and oxygen atoms in total. The quantitative estimate of drug-likeness (QED) is 0.363. The van der Waals surface area contributed by atoms with Crippen LogP contribution in [0.4, 0.5) is 8.78 Å². The molecule has 2 aromatic carbocycles. The molecule has 1 aliphatic carbocycles. The Balaban J connectivity index is 1.79. The summed E-state index contributed by atoms with van der Waals surface area (Å²) in [7, 11) is 7.32. The second-order valence-corrected chi connectivity index (χ2v) is 14.0. The Morgan fingerprint density at radius 1 is 0.977 bits per heavy atom. The average molecular weight is 604 g/mol. The molecule has 1 aliphatic heterocycles. The Bertz CT molecular complexity index is 1550. The summed E-state index contributed by atoms with van der Waals surface area (Å²) >= 11 is 6.10. The molecule has 5 rings (SSSR count). The molecule has 1 fully saturated rings. The lowest BCUT2D eigenvalue weighted by molar-refractivity contribution is -0.168. The van der Waals surface area contributed by atoms with Crippen molar-refractivity contribution in [2.45, 2.75) is 68.2 Å². The molecular formula is C30H35B4ClF2N2O4. The second kappa shape index (κ2) is 10.2. The molecule has 2 heterocycles. The maximum Gasteiger partial charge on any atom is 0.270 e. The molecule has 13 heteroatoms. The van der Waals surface area contributed by atoms with E-state index >= 15 is 0 Å². The van der Waals surface area contributed by atoms with Gasteiger partial charge < -0.3 is 14.9 Å². The minimum atomic E-state index is -3.07. The third-order valence-corrected chi connectivity index (χ3v) is 9.54. The molecule has 1 saturated carbocycles. The van der Waals surface area contributed by atoms with Gasteiger partial charge in [-0.15, -0.1) is 0 Å². The Morgan fingerprint density at radius 3 is 2.07 bits per heavy atom. The summed E-state index contributed by atoms with van der Waals surface area (Å²) in [5.41, 5.74) is -1.24. The van der Waals surface area contributed by atoms with Crippen LogP contribution in [0.1, 0.15) is 71.9 Å². The first-order valence-electron chi connectivity index (χ1n) is 14.4. The first-order chi connectivity index (χ1) is 19.7. The average Bonchev–Trinajstić information content (AvgIpc) is 3.70. The molecule has 0 spiro atoms. The molecule has 1 aromatic heterocycles. The number of halogens is 3. The molecule has 43 heavy (non-hydrogen) atoms. The summed E-state index contributed by atoms with van der Waals surface area (Å²) in [6, 6.07) is 14.4. The molecule has 0 saturated heterocycles. The maximum absolute atomic E-state index is 14.5. The van der Waals surface area contributed by atoms with E-state index in [1.165, 1.54) is 18.3 Å². The molecular weight excluding hydrogens is 569 g/mol. The van der Waals surface area contributed by atoms with E-state index < -0.39 is 33.5 Å². The fourth-order valence-corrected chi connectivity index (χ4v) is 6.80. The van der Waals surface area contributed by atoms with Gasteiger partial charge in [0.15, 0.2) is 5.72 Å². The highest BCUT2D eigenvalue weighted by molar-refractivity contribution is 6.45. The zero-order chi connectivity index (χ0) is 31.8. The Labute approximate surface area is 259 Å². The van der Waals surface area contributed by atoms with E-state index in [2.05, 4.69) is 4.98 Å². The van der Waals surface area contributed by atoms with E-state index in [-0.39, 0.29) is 18.0 Å². The van der Waals surface area contributed by atoms with Crippen LogP contribution in [0.2, 0.25) is 5.02 Å². The van der Waals surface area contributed by atoms with Crippen LogP contribution in [0.25, 0.3) is 0 Å². The first kappa shape index (κ1) is 31.8. The Hall–Kier alpha value is -2.65. The summed E-state index contributed by atoms with van der Waals surface area (Å²) in [6.07, 6.45) is 2.91. The van der Waals surface area contributed by atoms with Gasteiger partial charge in [-0.1, -0.05) is 48.0 Å².